The van der Waals surface area contributed by atoms with Gasteiger partial charge in [0, 0.05) is 24.8 Å². The third-order valence-corrected chi connectivity index (χ3v) is 5.13. The Kier molecular flexibility index (Phi) is 5.42. The molecule has 1 N–H and O–H groups in total. The van der Waals surface area contributed by atoms with Crippen molar-refractivity contribution >= 4 is 21.8 Å². The summed E-state index contributed by atoms with van der Waals surface area (Å²) in [5, 5.41) is 11.0. The summed E-state index contributed by atoms with van der Waals surface area (Å²) in [6.07, 6.45) is -2.70. The number of halogens is 3. The van der Waals surface area contributed by atoms with Crippen molar-refractivity contribution in [2.45, 2.75) is 46.7 Å². The van der Waals surface area contributed by atoms with Crippen LogP contribution in [0.25, 0.3) is 0 Å². The van der Waals surface area contributed by atoms with E-state index in [9.17, 15) is 13.6 Å². The van der Waals surface area contributed by atoms with Crippen molar-refractivity contribution in [3.8, 4) is 0 Å². The van der Waals surface area contributed by atoms with Crippen molar-refractivity contribution in [2.75, 3.05) is 0 Å². The maximum absolute atomic E-state index is 12.9. The van der Waals surface area contributed by atoms with Gasteiger partial charge in [0.1, 0.15) is 11.7 Å². The van der Waals surface area contributed by atoms with E-state index in [4.69, 9.17) is 0 Å². The molecule has 2 aromatic heterocycles. The number of rotatable bonds is 5. The molecule has 0 unspecified atom stereocenters. The number of nitrogens with zero attached hydrogens (tertiary/aromatic N) is 4. The summed E-state index contributed by atoms with van der Waals surface area (Å²) in [7, 11) is 1.84. The average Bonchev–Trinajstić information content (AvgIpc) is 2.94. The molecule has 0 radical (unpaired) electrons. The molecule has 0 fully saturated rings. The highest BCUT2D eigenvalue weighted by molar-refractivity contribution is 9.10. The number of alkyl halides is 2. The first kappa shape index (κ1) is 18.6. The van der Waals surface area contributed by atoms with E-state index in [2.05, 4.69) is 31.4 Å². The van der Waals surface area contributed by atoms with Crippen LogP contribution < -0.4 is 5.32 Å². The number of aryl methyl sites for hydroxylation is 2. The minimum absolute atomic E-state index is 0.232. The van der Waals surface area contributed by atoms with Gasteiger partial charge in [0.15, 0.2) is 0 Å². The highest BCUT2D eigenvalue weighted by Crippen LogP contribution is 2.30. The van der Waals surface area contributed by atoms with Crippen LogP contribution in [0, 0.1) is 20.8 Å². The number of amides is 1. The summed E-state index contributed by atoms with van der Waals surface area (Å²) >= 11 is 3.11. The molecule has 1 atom stereocenters. The zero-order valence-corrected chi connectivity index (χ0v) is 15.8. The predicted molar refractivity (Wildman–Crippen MR) is 88.9 cm³/mol. The van der Waals surface area contributed by atoms with Gasteiger partial charge in [0.05, 0.1) is 15.9 Å². The lowest BCUT2D eigenvalue weighted by molar-refractivity contribution is -0.124. The van der Waals surface area contributed by atoms with E-state index in [0.29, 0.717) is 12.2 Å². The largest absolute Gasteiger partial charge is 0.350 e. The van der Waals surface area contributed by atoms with Crippen LogP contribution in [-0.2, 0) is 18.4 Å². The molecular weight excluding hydrogens is 384 g/mol. The average molecular weight is 404 g/mol. The minimum Gasteiger partial charge on any atom is -0.350 e. The Labute approximate surface area is 147 Å². The normalized spacial score (nSPS) is 12.7. The van der Waals surface area contributed by atoms with Gasteiger partial charge in [-0.05, 0) is 43.6 Å². The molecule has 0 spiro atoms. The van der Waals surface area contributed by atoms with Crippen LogP contribution in [0.15, 0.2) is 4.47 Å². The smallest absolute Gasteiger partial charge is 0.283 e. The summed E-state index contributed by atoms with van der Waals surface area (Å²) in [4.78, 5) is 12.4. The van der Waals surface area contributed by atoms with E-state index >= 15 is 0 Å². The molecule has 0 aliphatic carbocycles. The Balaban J connectivity index is 2.14. The first-order valence-corrected chi connectivity index (χ1v) is 8.23. The van der Waals surface area contributed by atoms with Crippen molar-refractivity contribution in [2.24, 2.45) is 7.05 Å². The number of carbonyl (C=O) groups is 1. The Morgan fingerprint density at radius 2 is 1.88 bits per heavy atom. The quantitative estimate of drug-likeness (QED) is 0.833. The predicted octanol–water partition coefficient (Wildman–Crippen LogP) is 3.12. The van der Waals surface area contributed by atoms with Crippen LogP contribution in [-0.4, -0.2) is 25.5 Å². The Bertz CT molecular complexity index is 768. The lowest BCUT2D eigenvalue weighted by atomic mass is 10.2. The lowest BCUT2D eigenvalue weighted by Crippen LogP contribution is -2.32. The molecule has 0 saturated heterocycles. The van der Waals surface area contributed by atoms with Crippen molar-refractivity contribution in [1.82, 2.24) is 24.9 Å². The van der Waals surface area contributed by atoms with Crippen LogP contribution in [0.3, 0.4) is 0 Å². The molecule has 9 heteroatoms. The van der Waals surface area contributed by atoms with E-state index in [0.717, 1.165) is 17.0 Å². The third-order valence-electron chi connectivity index (χ3n) is 4.15. The van der Waals surface area contributed by atoms with E-state index in [1.807, 2.05) is 20.9 Å². The van der Waals surface area contributed by atoms with E-state index in [-0.39, 0.29) is 16.1 Å². The standard InChI is InChI=1S/C15H20BrF2N5O/c1-7-11(8(2)22(5)20-7)6-19-15(24)10(4)23-9(3)12(16)13(21-23)14(17)18/h10,14H,6H2,1-5H3,(H,19,24)/t10-/m0/s1. The van der Waals surface area contributed by atoms with Crippen molar-refractivity contribution in [3.05, 3.63) is 32.8 Å². The lowest BCUT2D eigenvalue weighted by Gasteiger charge is -2.14. The fourth-order valence-corrected chi connectivity index (χ4v) is 2.98. The summed E-state index contributed by atoms with van der Waals surface area (Å²) in [5.74, 6) is -0.295. The summed E-state index contributed by atoms with van der Waals surface area (Å²) < 4.78 is 29.2. The monoisotopic (exact) mass is 403 g/mol. The second kappa shape index (κ2) is 7.00. The zero-order chi connectivity index (χ0) is 18.2. The minimum atomic E-state index is -2.70. The van der Waals surface area contributed by atoms with Crippen molar-refractivity contribution < 1.29 is 13.6 Å². The van der Waals surface area contributed by atoms with Gasteiger partial charge >= 0.3 is 0 Å². The second-order valence-electron chi connectivity index (χ2n) is 5.70. The van der Waals surface area contributed by atoms with Crippen LogP contribution in [0.5, 0.6) is 0 Å². The maximum atomic E-state index is 12.9. The first-order valence-electron chi connectivity index (χ1n) is 7.44. The summed E-state index contributed by atoms with van der Waals surface area (Å²) in [6, 6.07) is -0.703. The first-order chi connectivity index (χ1) is 11.1. The van der Waals surface area contributed by atoms with Crippen LogP contribution in [0.1, 0.15) is 47.7 Å². The number of aromatic nitrogens is 4. The molecule has 0 aliphatic heterocycles. The van der Waals surface area contributed by atoms with Gasteiger partial charge in [-0.2, -0.15) is 10.2 Å². The molecule has 0 saturated carbocycles. The van der Waals surface area contributed by atoms with Gasteiger partial charge < -0.3 is 5.32 Å². The molecule has 2 heterocycles. The zero-order valence-electron chi connectivity index (χ0n) is 14.2. The number of hydrogen-bond acceptors (Lipinski definition) is 3. The fourth-order valence-electron chi connectivity index (χ4n) is 2.54. The molecule has 2 aromatic rings. The van der Waals surface area contributed by atoms with Crippen LogP contribution in [0.4, 0.5) is 8.78 Å². The summed E-state index contributed by atoms with van der Waals surface area (Å²) in [5.41, 5.74) is 2.90. The summed E-state index contributed by atoms with van der Waals surface area (Å²) in [6.45, 7) is 7.40. The SMILES string of the molecule is Cc1nn(C)c(C)c1CNC(=O)[C@H](C)n1nc(C(F)F)c(Br)c1C. The second-order valence-corrected chi connectivity index (χ2v) is 6.49. The van der Waals surface area contributed by atoms with E-state index in [1.165, 1.54) is 4.68 Å². The van der Waals surface area contributed by atoms with Gasteiger partial charge in [-0.1, -0.05) is 0 Å². The van der Waals surface area contributed by atoms with Gasteiger partial charge in [-0.25, -0.2) is 8.78 Å². The number of hydrogen-bond donors (Lipinski definition) is 1. The van der Waals surface area contributed by atoms with Crippen molar-refractivity contribution in [1.29, 1.82) is 0 Å². The Morgan fingerprint density at radius 3 is 2.33 bits per heavy atom. The number of carbonyl (C=O) groups excluding carboxylic acids is 1. The maximum Gasteiger partial charge on any atom is 0.283 e. The molecule has 2 rings (SSSR count). The molecule has 24 heavy (non-hydrogen) atoms. The van der Waals surface area contributed by atoms with Gasteiger partial charge in [-0.3, -0.25) is 14.2 Å². The molecule has 132 valence electrons. The third kappa shape index (κ3) is 3.35. The fraction of sp³-hybridized carbons (Fsp3) is 0.533. The van der Waals surface area contributed by atoms with Gasteiger partial charge in [0.2, 0.25) is 5.91 Å². The molecule has 0 aromatic carbocycles. The highest BCUT2D eigenvalue weighted by atomic mass is 79.9. The van der Waals surface area contributed by atoms with Gasteiger partial charge in [0.25, 0.3) is 6.43 Å². The topological polar surface area (TPSA) is 64.7 Å². The highest BCUT2D eigenvalue weighted by Gasteiger charge is 2.25. The molecule has 6 nitrogen and oxygen atoms in total. The van der Waals surface area contributed by atoms with E-state index in [1.54, 1.807) is 18.5 Å². The Hall–Kier alpha value is -1.77. The number of nitrogens with one attached hydrogen (secondary N) is 1. The van der Waals surface area contributed by atoms with Crippen molar-refractivity contribution in [3.63, 3.8) is 0 Å². The van der Waals surface area contributed by atoms with Gasteiger partial charge in [-0.15, -0.1) is 0 Å². The van der Waals surface area contributed by atoms with Crippen LogP contribution >= 0.6 is 15.9 Å². The molecule has 1 amide bonds. The Morgan fingerprint density at radius 1 is 1.25 bits per heavy atom. The molecule has 0 aliphatic rings. The van der Waals surface area contributed by atoms with Crippen LogP contribution in [0.2, 0.25) is 0 Å². The molecular formula is C15H20BrF2N5O. The van der Waals surface area contributed by atoms with E-state index < -0.39 is 12.5 Å². The molecule has 0 bridgehead atoms.